The van der Waals surface area contributed by atoms with Crippen molar-refractivity contribution >= 4 is 29.1 Å². The molecule has 1 N–H and O–H groups in total. The number of nitrogens with zero attached hydrogens (tertiary/aromatic N) is 1. The van der Waals surface area contributed by atoms with E-state index in [9.17, 15) is 4.79 Å². The van der Waals surface area contributed by atoms with Crippen molar-refractivity contribution in [1.82, 2.24) is 10.2 Å². The molecule has 2 rings (SSSR count). The van der Waals surface area contributed by atoms with Crippen molar-refractivity contribution in [3.63, 3.8) is 0 Å². The van der Waals surface area contributed by atoms with Crippen LogP contribution in [0.4, 0.5) is 0 Å². The first-order valence-electron chi connectivity index (χ1n) is 6.98. The van der Waals surface area contributed by atoms with Gasteiger partial charge in [0.25, 0.3) is 0 Å². The van der Waals surface area contributed by atoms with Crippen LogP contribution in [0, 0.1) is 0 Å². The number of benzene rings is 1. The van der Waals surface area contributed by atoms with E-state index < -0.39 is 0 Å². The minimum Gasteiger partial charge on any atom is -0.341 e. The maximum absolute atomic E-state index is 12.1. The highest BCUT2D eigenvalue weighted by Crippen LogP contribution is 2.23. The second-order valence-corrected chi connectivity index (χ2v) is 6.07. The molecule has 1 saturated heterocycles. The first kappa shape index (κ1) is 15.6. The second-order valence-electron chi connectivity index (χ2n) is 5.25. The van der Waals surface area contributed by atoms with Crippen LogP contribution in [0.3, 0.4) is 0 Å². The number of rotatable bonds is 5. The minimum atomic E-state index is 0.221. The summed E-state index contributed by atoms with van der Waals surface area (Å²) in [4.78, 5) is 14.0. The van der Waals surface area contributed by atoms with E-state index >= 15 is 0 Å². The van der Waals surface area contributed by atoms with E-state index in [0.717, 1.165) is 37.9 Å². The summed E-state index contributed by atoms with van der Waals surface area (Å²) < 4.78 is 0. The van der Waals surface area contributed by atoms with Crippen molar-refractivity contribution in [3.05, 3.63) is 33.8 Å². The summed E-state index contributed by atoms with van der Waals surface area (Å²) in [5.74, 6) is 0.221. The molecule has 1 aromatic carbocycles. The van der Waals surface area contributed by atoms with E-state index in [1.807, 2.05) is 24.1 Å². The van der Waals surface area contributed by atoms with Gasteiger partial charge in [-0.3, -0.25) is 4.79 Å². The fourth-order valence-corrected chi connectivity index (χ4v) is 2.81. The van der Waals surface area contributed by atoms with Crippen molar-refractivity contribution in [2.75, 3.05) is 20.1 Å². The Morgan fingerprint density at radius 2 is 2.20 bits per heavy atom. The molecule has 1 atom stereocenters. The number of likely N-dealkylation sites (N-methyl/N-ethyl adjacent to an activating group) is 1. The third kappa shape index (κ3) is 4.11. The standard InChI is InChI=1S/C15H20Cl2N2O/c1-19(12-7-8-18-10-12)15(20)4-2-3-11-5-6-13(16)14(17)9-11/h5-6,9,12,18H,2-4,7-8,10H2,1H3. The van der Waals surface area contributed by atoms with E-state index in [1.54, 1.807) is 6.07 Å². The molecule has 0 spiro atoms. The lowest BCUT2D eigenvalue weighted by atomic mass is 10.1. The largest absolute Gasteiger partial charge is 0.341 e. The van der Waals surface area contributed by atoms with E-state index in [1.165, 1.54) is 0 Å². The Bertz CT molecular complexity index is 473. The van der Waals surface area contributed by atoms with Crippen molar-refractivity contribution in [2.24, 2.45) is 0 Å². The molecule has 0 aliphatic carbocycles. The number of halogens is 2. The van der Waals surface area contributed by atoms with Crippen LogP contribution in [0.5, 0.6) is 0 Å². The molecule has 5 heteroatoms. The average Bonchev–Trinajstić information content (AvgIpc) is 2.96. The quantitative estimate of drug-likeness (QED) is 0.905. The van der Waals surface area contributed by atoms with Gasteiger partial charge in [0.05, 0.1) is 10.0 Å². The molecule has 1 fully saturated rings. The Morgan fingerprint density at radius 1 is 1.40 bits per heavy atom. The molecule has 1 aliphatic rings. The predicted octanol–water partition coefficient (Wildman–Crippen LogP) is 3.14. The first-order chi connectivity index (χ1) is 9.58. The molecule has 1 heterocycles. The molecule has 0 aromatic heterocycles. The van der Waals surface area contributed by atoms with E-state index in [2.05, 4.69) is 5.32 Å². The summed E-state index contributed by atoms with van der Waals surface area (Å²) in [7, 11) is 1.90. The zero-order chi connectivity index (χ0) is 14.5. The van der Waals surface area contributed by atoms with Gasteiger partial charge in [-0.2, -0.15) is 0 Å². The van der Waals surface area contributed by atoms with Crippen LogP contribution in [-0.4, -0.2) is 37.0 Å². The van der Waals surface area contributed by atoms with Crippen molar-refractivity contribution in [1.29, 1.82) is 0 Å². The maximum Gasteiger partial charge on any atom is 0.222 e. The van der Waals surface area contributed by atoms with Gasteiger partial charge >= 0.3 is 0 Å². The fourth-order valence-electron chi connectivity index (χ4n) is 2.49. The lowest BCUT2D eigenvalue weighted by Gasteiger charge is -2.23. The monoisotopic (exact) mass is 314 g/mol. The highest BCUT2D eigenvalue weighted by atomic mass is 35.5. The Labute approximate surface area is 130 Å². The number of nitrogens with one attached hydrogen (secondary N) is 1. The summed E-state index contributed by atoms with van der Waals surface area (Å²) >= 11 is 11.9. The topological polar surface area (TPSA) is 32.3 Å². The highest BCUT2D eigenvalue weighted by Gasteiger charge is 2.22. The van der Waals surface area contributed by atoms with E-state index in [-0.39, 0.29) is 5.91 Å². The van der Waals surface area contributed by atoms with Gasteiger partial charge in [-0.05, 0) is 43.5 Å². The average molecular weight is 315 g/mol. The van der Waals surface area contributed by atoms with Crippen LogP contribution in [-0.2, 0) is 11.2 Å². The molecule has 0 bridgehead atoms. The predicted molar refractivity (Wildman–Crippen MR) is 83.4 cm³/mol. The molecule has 1 unspecified atom stereocenters. The van der Waals surface area contributed by atoms with Crippen LogP contribution in [0.15, 0.2) is 18.2 Å². The van der Waals surface area contributed by atoms with Crippen molar-refractivity contribution in [2.45, 2.75) is 31.7 Å². The number of hydrogen-bond acceptors (Lipinski definition) is 2. The third-order valence-corrected chi connectivity index (χ3v) is 4.55. The van der Waals surface area contributed by atoms with Crippen LogP contribution < -0.4 is 5.32 Å². The van der Waals surface area contributed by atoms with E-state index in [0.29, 0.717) is 22.5 Å². The molecular formula is C15H20Cl2N2O. The van der Waals surface area contributed by atoms with Crippen molar-refractivity contribution < 1.29 is 4.79 Å². The summed E-state index contributed by atoms with van der Waals surface area (Å²) in [6.45, 7) is 1.92. The SMILES string of the molecule is CN(C(=O)CCCc1ccc(Cl)c(Cl)c1)C1CCNC1. The number of carbonyl (C=O) groups is 1. The Hall–Kier alpha value is -0.770. The van der Waals surface area contributed by atoms with Crippen molar-refractivity contribution in [3.8, 4) is 0 Å². The third-order valence-electron chi connectivity index (χ3n) is 3.82. The highest BCUT2D eigenvalue weighted by molar-refractivity contribution is 6.42. The van der Waals surface area contributed by atoms with Crippen LogP contribution in [0.25, 0.3) is 0 Å². The Balaban J connectivity index is 1.77. The Kier molecular flexibility index (Phi) is 5.70. The molecule has 1 amide bonds. The van der Waals surface area contributed by atoms with E-state index in [4.69, 9.17) is 23.2 Å². The van der Waals surface area contributed by atoms with Gasteiger partial charge in [-0.15, -0.1) is 0 Å². The van der Waals surface area contributed by atoms with Gasteiger partial charge in [0.15, 0.2) is 0 Å². The fraction of sp³-hybridized carbons (Fsp3) is 0.533. The number of hydrogen-bond donors (Lipinski definition) is 1. The van der Waals surface area contributed by atoms with Crippen LogP contribution >= 0.6 is 23.2 Å². The zero-order valence-corrected chi connectivity index (χ0v) is 13.2. The molecule has 110 valence electrons. The molecule has 1 aliphatic heterocycles. The summed E-state index contributed by atoms with van der Waals surface area (Å²) in [5, 5.41) is 4.42. The number of aryl methyl sites for hydroxylation is 1. The van der Waals surface area contributed by atoms with Gasteiger partial charge in [-0.1, -0.05) is 29.3 Å². The molecule has 20 heavy (non-hydrogen) atoms. The van der Waals surface area contributed by atoms with Gasteiger partial charge in [0.1, 0.15) is 0 Å². The van der Waals surface area contributed by atoms with Crippen LogP contribution in [0.1, 0.15) is 24.8 Å². The summed E-state index contributed by atoms with van der Waals surface area (Å²) in [5.41, 5.74) is 1.12. The smallest absolute Gasteiger partial charge is 0.222 e. The van der Waals surface area contributed by atoms with Gasteiger partial charge in [0, 0.05) is 26.1 Å². The Morgan fingerprint density at radius 3 is 2.85 bits per heavy atom. The first-order valence-corrected chi connectivity index (χ1v) is 7.74. The maximum atomic E-state index is 12.1. The lowest BCUT2D eigenvalue weighted by Crippen LogP contribution is -2.38. The number of amides is 1. The van der Waals surface area contributed by atoms with Crippen LogP contribution in [0.2, 0.25) is 10.0 Å². The zero-order valence-electron chi connectivity index (χ0n) is 11.7. The number of carbonyl (C=O) groups excluding carboxylic acids is 1. The van der Waals surface area contributed by atoms with Gasteiger partial charge in [-0.25, -0.2) is 0 Å². The lowest BCUT2D eigenvalue weighted by molar-refractivity contribution is -0.131. The molecular weight excluding hydrogens is 295 g/mol. The molecule has 3 nitrogen and oxygen atoms in total. The minimum absolute atomic E-state index is 0.221. The molecule has 0 radical (unpaired) electrons. The summed E-state index contributed by atoms with van der Waals surface area (Å²) in [6, 6.07) is 5.99. The normalized spacial score (nSPS) is 18.2. The van der Waals surface area contributed by atoms with Gasteiger partial charge in [0.2, 0.25) is 5.91 Å². The second kappa shape index (κ2) is 7.30. The van der Waals surface area contributed by atoms with Gasteiger partial charge < -0.3 is 10.2 Å². The summed E-state index contributed by atoms with van der Waals surface area (Å²) in [6.07, 6.45) is 3.31. The molecule has 1 aromatic rings. The molecule has 0 saturated carbocycles.